The summed E-state index contributed by atoms with van der Waals surface area (Å²) < 4.78 is 11.3. The van der Waals surface area contributed by atoms with Gasteiger partial charge in [0.15, 0.2) is 11.5 Å². The molecule has 0 bridgehead atoms. The monoisotopic (exact) mass is 409 g/mol. The summed E-state index contributed by atoms with van der Waals surface area (Å²) in [5.74, 6) is 0.509. The predicted octanol–water partition coefficient (Wildman–Crippen LogP) is 4.90. The van der Waals surface area contributed by atoms with Gasteiger partial charge in [0.05, 0.1) is 12.0 Å². The number of para-hydroxylation sites is 1. The van der Waals surface area contributed by atoms with Gasteiger partial charge in [-0.2, -0.15) is 0 Å². The Morgan fingerprint density at radius 2 is 2.00 bits per heavy atom. The minimum Gasteiger partial charge on any atom is -0.493 e. The van der Waals surface area contributed by atoms with Gasteiger partial charge in [-0.25, -0.2) is 0 Å². The van der Waals surface area contributed by atoms with Crippen LogP contribution in [0.1, 0.15) is 11.1 Å². The summed E-state index contributed by atoms with van der Waals surface area (Å²) in [5, 5.41) is 2.84. The number of thioether (sulfide) groups is 1. The molecule has 2 aromatic carbocycles. The van der Waals surface area contributed by atoms with Gasteiger partial charge in [0.25, 0.3) is 11.1 Å². The maximum absolute atomic E-state index is 11.8. The second-order valence-electron chi connectivity index (χ2n) is 5.26. The van der Waals surface area contributed by atoms with Crippen LogP contribution in [0.4, 0.5) is 4.79 Å². The highest BCUT2D eigenvalue weighted by atomic mass is 35.5. The van der Waals surface area contributed by atoms with Crippen LogP contribution < -0.4 is 14.8 Å². The summed E-state index contributed by atoms with van der Waals surface area (Å²) in [6.07, 6.45) is 1.59. The number of carbonyl (C=O) groups is 2. The zero-order valence-corrected chi connectivity index (χ0v) is 15.9. The molecule has 26 heavy (non-hydrogen) atoms. The van der Waals surface area contributed by atoms with Crippen molar-refractivity contribution in [3.63, 3.8) is 0 Å². The number of rotatable bonds is 5. The van der Waals surface area contributed by atoms with Crippen LogP contribution in [0.5, 0.6) is 11.5 Å². The number of nitrogens with one attached hydrogen (secondary N) is 1. The van der Waals surface area contributed by atoms with Crippen molar-refractivity contribution in [3.8, 4) is 11.5 Å². The van der Waals surface area contributed by atoms with Crippen LogP contribution in [0.25, 0.3) is 6.08 Å². The van der Waals surface area contributed by atoms with Gasteiger partial charge in [-0.3, -0.25) is 14.9 Å². The summed E-state index contributed by atoms with van der Waals surface area (Å²) in [4.78, 5) is 23.4. The Labute approximate surface area is 164 Å². The van der Waals surface area contributed by atoms with Gasteiger partial charge in [-0.1, -0.05) is 41.4 Å². The van der Waals surface area contributed by atoms with Crippen LogP contribution in [0.2, 0.25) is 10.0 Å². The van der Waals surface area contributed by atoms with E-state index >= 15 is 0 Å². The van der Waals surface area contributed by atoms with Gasteiger partial charge >= 0.3 is 0 Å². The molecule has 1 N–H and O–H groups in total. The molecule has 1 saturated heterocycles. The molecule has 0 atom stereocenters. The molecule has 3 rings (SSSR count). The second kappa shape index (κ2) is 8.03. The lowest BCUT2D eigenvalue weighted by molar-refractivity contribution is -0.115. The summed E-state index contributed by atoms with van der Waals surface area (Å²) in [7, 11) is 1.52. The molecule has 1 heterocycles. The molecular weight excluding hydrogens is 397 g/mol. The van der Waals surface area contributed by atoms with Crippen molar-refractivity contribution < 1.29 is 19.1 Å². The van der Waals surface area contributed by atoms with Crippen LogP contribution in [0.15, 0.2) is 41.3 Å². The van der Waals surface area contributed by atoms with Crippen LogP contribution >= 0.6 is 35.0 Å². The lowest BCUT2D eigenvalue weighted by Crippen LogP contribution is -2.17. The molecular formula is C18H13Cl2NO4S. The number of carbonyl (C=O) groups excluding carboxylic acids is 2. The van der Waals surface area contributed by atoms with Crippen LogP contribution in [0, 0.1) is 0 Å². The van der Waals surface area contributed by atoms with E-state index in [9.17, 15) is 9.59 Å². The average Bonchev–Trinajstić information content (AvgIpc) is 2.92. The minimum absolute atomic E-state index is 0.185. The van der Waals surface area contributed by atoms with Gasteiger partial charge in [-0.15, -0.1) is 0 Å². The fourth-order valence-electron chi connectivity index (χ4n) is 2.31. The number of ether oxygens (including phenoxy) is 2. The van der Waals surface area contributed by atoms with Crippen molar-refractivity contribution in [1.82, 2.24) is 5.32 Å². The number of methoxy groups -OCH3 is 1. The molecule has 1 fully saturated rings. The van der Waals surface area contributed by atoms with Crippen molar-refractivity contribution in [2.24, 2.45) is 0 Å². The smallest absolute Gasteiger partial charge is 0.290 e. The number of halogens is 2. The van der Waals surface area contributed by atoms with E-state index < -0.39 is 11.1 Å². The van der Waals surface area contributed by atoms with Gasteiger partial charge in [0.2, 0.25) is 0 Å². The zero-order chi connectivity index (χ0) is 18.7. The molecule has 0 spiro atoms. The van der Waals surface area contributed by atoms with E-state index in [1.807, 2.05) is 0 Å². The van der Waals surface area contributed by atoms with Gasteiger partial charge < -0.3 is 9.47 Å². The first kappa shape index (κ1) is 18.6. The average molecular weight is 410 g/mol. The Kier molecular flexibility index (Phi) is 5.76. The summed E-state index contributed by atoms with van der Waals surface area (Å²) in [6.45, 7) is 0.185. The Bertz CT molecular complexity index is 914. The van der Waals surface area contributed by atoms with E-state index in [1.54, 1.807) is 42.5 Å². The summed E-state index contributed by atoms with van der Waals surface area (Å²) >= 11 is 12.9. The Balaban J connectivity index is 1.91. The van der Waals surface area contributed by atoms with E-state index in [1.165, 1.54) is 7.11 Å². The topological polar surface area (TPSA) is 64.6 Å². The number of benzene rings is 2. The highest BCUT2D eigenvalue weighted by Gasteiger charge is 2.25. The fourth-order valence-corrected chi connectivity index (χ4v) is 3.45. The third kappa shape index (κ3) is 4.15. The normalized spacial score (nSPS) is 15.3. The molecule has 2 aromatic rings. The van der Waals surface area contributed by atoms with Crippen molar-refractivity contribution in [2.75, 3.05) is 7.11 Å². The Hall–Kier alpha value is -2.15. The maximum Gasteiger partial charge on any atom is 0.290 e. The number of amides is 2. The predicted molar refractivity (Wildman–Crippen MR) is 103 cm³/mol. The number of hydrogen-bond acceptors (Lipinski definition) is 5. The molecule has 134 valence electrons. The van der Waals surface area contributed by atoms with Crippen LogP contribution in [0.3, 0.4) is 0 Å². The molecule has 0 radical (unpaired) electrons. The molecule has 0 saturated carbocycles. The second-order valence-corrected chi connectivity index (χ2v) is 7.11. The largest absolute Gasteiger partial charge is 0.493 e. The van der Waals surface area contributed by atoms with E-state index in [-0.39, 0.29) is 11.5 Å². The molecule has 5 nitrogen and oxygen atoms in total. The van der Waals surface area contributed by atoms with Gasteiger partial charge in [0, 0.05) is 21.2 Å². The van der Waals surface area contributed by atoms with Crippen LogP contribution in [-0.4, -0.2) is 18.3 Å². The summed E-state index contributed by atoms with van der Waals surface area (Å²) in [6, 6.07) is 10.4. The molecule has 2 amide bonds. The number of hydrogen-bond donors (Lipinski definition) is 1. The van der Waals surface area contributed by atoms with E-state index in [4.69, 9.17) is 32.7 Å². The lowest BCUT2D eigenvalue weighted by Gasteiger charge is -2.14. The van der Waals surface area contributed by atoms with Crippen molar-refractivity contribution >= 4 is 52.2 Å². The van der Waals surface area contributed by atoms with E-state index in [0.717, 1.165) is 17.3 Å². The van der Waals surface area contributed by atoms with Crippen molar-refractivity contribution in [1.29, 1.82) is 0 Å². The van der Waals surface area contributed by atoms with Crippen molar-refractivity contribution in [2.45, 2.75) is 6.61 Å². The SMILES string of the molecule is COc1cccc(/C=C2/SC(=O)NC2=O)c1OCc1ccc(Cl)cc1Cl. The third-order valence-electron chi connectivity index (χ3n) is 3.55. The third-order valence-corrected chi connectivity index (χ3v) is 4.94. The molecule has 0 aliphatic carbocycles. The van der Waals surface area contributed by atoms with Gasteiger partial charge in [-0.05, 0) is 36.0 Å². The minimum atomic E-state index is -0.436. The fraction of sp³-hybridized carbons (Fsp3) is 0.111. The highest BCUT2D eigenvalue weighted by molar-refractivity contribution is 8.18. The molecule has 1 aliphatic rings. The Morgan fingerprint density at radius 3 is 2.65 bits per heavy atom. The quantitative estimate of drug-likeness (QED) is 0.710. The van der Waals surface area contributed by atoms with Crippen LogP contribution in [-0.2, 0) is 11.4 Å². The first-order chi connectivity index (χ1) is 12.5. The number of imide groups is 1. The lowest BCUT2D eigenvalue weighted by atomic mass is 10.1. The van der Waals surface area contributed by atoms with Gasteiger partial charge in [0.1, 0.15) is 6.61 Å². The molecule has 8 heteroatoms. The zero-order valence-electron chi connectivity index (χ0n) is 13.5. The highest BCUT2D eigenvalue weighted by Crippen LogP contribution is 2.36. The first-order valence-corrected chi connectivity index (χ1v) is 9.04. The standard InChI is InChI=1S/C18H13Cl2NO4S/c1-24-14-4-2-3-10(7-15-17(22)21-18(23)26-15)16(14)25-9-11-5-6-12(19)8-13(11)20/h2-8H,9H2,1H3,(H,21,22,23)/b15-7+. The molecule has 0 unspecified atom stereocenters. The Morgan fingerprint density at radius 1 is 1.19 bits per heavy atom. The van der Waals surface area contributed by atoms with Crippen molar-refractivity contribution in [3.05, 3.63) is 62.5 Å². The molecule has 1 aliphatic heterocycles. The molecule has 0 aromatic heterocycles. The maximum atomic E-state index is 11.8. The van der Waals surface area contributed by atoms with E-state index in [2.05, 4.69) is 5.32 Å². The first-order valence-electron chi connectivity index (χ1n) is 7.46. The summed E-state index contributed by atoms with van der Waals surface area (Å²) in [5.41, 5.74) is 1.37. The van der Waals surface area contributed by atoms with E-state index in [0.29, 0.717) is 27.1 Å².